The third-order valence-corrected chi connectivity index (χ3v) is 5.36. The Morgan fingerprint density at radius 3 is 1.56 bits per heavy atom. The van der Waals surface area contributed by atoms with Crippen LogP contribution in [0.4, 0.5) is 0 Å². The molecule has 1 atom stereocenters. The van der Waals surface area contributed by atoms with Gasteiger partial charge in [-0.1, -0.05) is 96.8 Å². The molecule has 0 heterocycles. The monoisotopic (exact) mass is 409 g/mol. The second kappa shape index (κ2) is 15.5. The van der Waals surface area contributed by atoms with Crippen LogP contribution in [0.5, 0.6) is 0 Å². The molecular formula is C19H40NO6P. The third-order valence-electron chi connectivity index (χ3n) is 4.89. The molecule has 162 valence electrons. The quantitative estimate of drug-likeness (QED) is 0.179. The lowest BCUT2D eigenvalue weighted by atomic mass is 9.94. The molecule has 0 saturated heterocycles. The zero-order valence-electron chi connectivity index (χ0n) is 16.9. The van der Waals surface area contributed by atoms with E-state index < -0.39 is 25.9 Å². The molecule has 0 rings (SSSR count). The minimum Gasteiger partial charge on any atom is -0.480 e. The SMILES string of the molecule is CCCCCCCCCCCCCCCC[C@](N)(COP(=O)(O)O)C(=O)O. The number of unbranched alkanes of at least 4 members (excludes halogenated alkanes) is 13. The standard InChI is InChI=1S/C19H40NO6P/c1-2-3-4-5-6-7-8-9-10-11-12-13-14-15-16-19(20,18(21)22)17-26-27(23,24)25/h2-17,20H2,1H3,(H,21,22)(H2,23,24,25)/t19-/m0/s1. The highest BCUT2D eigenvalue weighted by Crippen LogP contribution is 2.37. The molecule has 0 amide bonds. The van der Waals surface area contributed by atoms with Crippen LogP contribution in [-0.2, 0) is 13.9 Å². The van der Waals surface area contributed by atoms with Crippen LogP contribution in [-0.4, -0.2) is 33.0 Å². The molecule has 0 aliphatic heterocycles. The van der Waals surface area contributed by atoms with Gasteiger partial charge >= 0.3 is 13.8 Å². The summed E-state index contributed by atoms with van der Waals surface area (Å²) < 4.78 is 15.0. The number of nitrogens with two attached hydrogens (primary N) is 1. The number of aliphatic carboxylic acids is 1. The van der Waals surface area contributed by atoms with E-state index in [4.69, 9.17) is 15.5 Å². The second-order valence-electron chi connectivity index (χ2n) is 7.57. The highest BCUT2D eigenvalue weighted by atomic mass is 31.2. The molecule has 0 radical (unpaired) electrons. The summed E-state index contributed by atoms with van der Waals surface area (Å²) in [4.78, 5) is 28.6. The summed E-state index contributed by atoms with van der Waals surface area (Å²) in [5.41, 5.74) is 3.98. The molecule has 7 nitrogen and oxygen atoms in total. The Balaban J connectivity index is 3.60. The third kappa shape index (κ3) is 16.2. The molecule has 0 aromatic rings. The number of rotatable bonds is 19. The Morgan fingerprint density at radius 1 is 0.852 bits per heavy atom. The van der Waals surface area contributed by atoms with Crippen LogP contribution in [0.1, 0.15) is 103 Å². The van der Waals surface area contributed by atoms with Crippen LogP contribution in [0.2, 0.25) is 0 Å². The molecule has 0 unspecified atom stereocenters. The van der Waals surface area contributed by atoms with Crippen LogP contribution < -0.4 is 5.73 Å². The van der Waals surface area contributed by atoms with Crippen LogP contribution in [0.25, 0.3) is 0 Å². The average Bonchev–Trinajstić information content (AvgIpc) is 2.59. The number of hydrogen-bond acceptors (Lipinski definition) is 4. The van der Waals surface area contributed by atoms with Crippen molar-refractivity contribution in [3.63, 3.8) is 0 Å². The van der Waals surface area contributed by atoms with Gasteiger partial charge in [-0.25, -0.2) is 4.57 Å². The molecule has 0 aromatic heterocycles. The fourth-order valence-electron chi connectivity index (χ4n) is 3.08. The second-order valence-corrected chi connectivity index (χ2v) is 8.81. The summed E-state index contributed by atoms with van der Waals surface area (Å²) in [6.45, 7) is 1.55. The molecule has 0 aliphatic rings. The fourth-order valence-corrected chi connectivity index (χ4v) is 3.47. The largest absolute Gasteiger partial charge is 0.480 e. The van der Waals surface area contributed by atoms with Gasteiger partial charge in [0.2, 0.25) is 0 Å². The van der Waals surface area contributed by atoms with Crippen molar-refractivity contribution in [3.8, 4) is 0 Å². The zero-order chi connectivity index (χ0) is 20.6. The van der Waals surface area contributed by atoms with Crippen molar-refractivity contribution in [2.75, 3.05) is 6.61 Å². The van der Waals surface area contributed by atoms with Gasteiger partial charge in [0.1, 0.15) is 5.54 Å². The molecule has 0 saturated carbocycles. The molecule has 0 bridgehead atoms. The van der Waals surface area contributed by atoms with Gasteiger partial charge < -0.3 is 20.6 Å². The number of phosphoric acid groups is 1. The predicted molar refractivity (Wildman–Crippen MR) is 107 cm³/mol. The Bertz CT molecular complexity index is 428. The van der Waals surface area contributed by atoms with Crippen molar-refractivity contribution in [1.29, 1.82) is 0 Å². The topological polar surface area (TPSA) is 130 Å². The summed E-state index contributed by atoms with van der Waals surface area (Å²) in [6.07, 6.45) is 16.9. The highest BCUT2D eigenvalue weighted by molar-refractivity contribution is 7.46. The Labute approximate surface area is 164 Å². The number of carboxylic acid groups (broad SMARTS) is 1. The average molecular weight is 410 g/mol. The van der Waals surface area contributed by atoms with Crippen molar-refractivity contribution in [1.82, 2.24) is 0 Å². The Kier molecular flexibility index (Phi) is 15.2. The maximum Gasteiger partial charge on any atom is 0.469 e. The summed E-state index contributed by atoms with van der Waals surface area (Å²) in [5.74, 6) is -1.30. The molecule has 0 aromatic carbocycles. The number of hydrogen-bond donors (Lipinski definition) is 4. The number of carbonyl (C=O) groups is 1. The molecule has 0 fully saturated rings. The summed E-state index contributed by atoms with van der Waals surface area (Å²) in [7, 11) is -4.72. The molecular weight excluding hydrogens is 369 g/mol. The van der Waals surface area contributed by atoms with Gasteiger partial charge in [0, 0.05) is 0 Å². The summed E-state index contributed by atoms with van der Waals surface area (Å²) in [6, 6.07) is 0. The van der Waals surface area contributed by atoms with E-state index in [-0.39, 0.29) is 6.42 Å². The van der Waals surface area contributed by atoms with Gasteiger partial charge in [-0.3, -0.25) is 9.32 Å². The van der Waals surface area contributed by atoms with Crippen LogP contribution in [0.3, 0.4) is 0 Å². The minimum atomic E-state index is -4.72. The van der Waals surface area contributed by atoms with Crippen molar-refractivity contribution in [2.24, 2.45) is 5.73 Å². The summed E-state index contributed by atoms with van der Waals surface area (Å²) >= 11 is 0. The van der Waals surface area contributed by atoms with E-state index in [2.05, 4.69) is 11.4 Å². The van der Waals surface area contributed by atoms with Gasteiger partial charge in [0.15, 0.2) is 0 Å². The number of phosphoric ester groups is 1. The predicted octanol–water partition coefficient (Wildman–Crippen LogP) is 4.75. The molecule has 5 N–H and O–H groups in total. The van der Waals surface area contributed by atoms with Gasteiger partial charge in [-0.2, -0.15) is 0 Å². The minimum absolute atomic E-state index is 0.139. The van der Waals surface area contributed by atoms with Crippen LogP contribution in [0, 0.1) is 0 Å². The first-order valence-electron chi connectivity index (χ1n) is 10.4. The lowest BCUT2D eigenvalue weighted by Gasteiger charge is -2.24. The molecule has 27 heavy (non-hydrogen) atoms. The Hall–Kier alpha value is -0.460. The van der Waals surface area contributed by atoms with E-state index >= 15 is 0 Å². The first kappa shape index (κ1) is 26.5. The lowest BCUT2D eigenvalue weighted by molar-refractivity contribution is -0.145. The Morgan fingerprint density at radius 2 is 1.22 bits per heavy atom. The maximum atomic E-state index is 11.2. The first-order valence-corrected chi connectivity index (χ1v) is 12.0. The van der Waals surface area contributed by atoms with Gasteiger partial charge in [0.05, 0.1) is 6.61 Å². The van der Waals surface area contributed by atoms with E-state index in [9.17, 15) is 14.5 Å². The first-order chi connectivity index (χ1) is 12.7. The normalized spacial score (nSPS) is 14.2. The van der Waals surface area contributed by atoms with Crippen LogP contribution >= 0.6 is 7.82 Å². The number of carboxylic acids is 1. The van der Waals surface area contributed by atoms with E-state index in [1.54, 1.807) is 0 Å². The van der Waals surface area contributed by atoms with Gasteiger partial charge in [0.25, 0.3) is 0 Å². The molecule has 0 aliphatic carbocycles. The highest BCUT2D eigenvalue weighted by Gasteiger charge is 2.36. The van der Waals surface area contributed by atoms with E-state index in [1.165, 1.54) is 64.2 Å². The van der Waals surface area contributed by atoms with Crippen molar-refractivity contribution in [2.45, 2.75) is 109 Å². The fraction of sp³-hybridized carbons (Fsp3) is 0.947. The van der Waals surface area contributed by atoms with E-state index in [1.807, 2.05) is 0 Å². The molecule has 8 heteroatoms. The van der Waals surface area contributed by atoms with E-state index in [0.29, 0.717) is 6.42 Å². The molecule has 0 spiro atoms. The van der Waals surface area contributed by atoms with Crippen molar-refractivity contribution in [3.05, 3.63) is 0 Å². The van der Waals surface area contributed by atoms with Crippen LogP contribution in [0.15, 0.2) is 0 Å². The van der Waals surface area contributed by atoms with E-state index in [0.717, 1.165) is 19.3 Å². The maximum absolute atomic E-state index is 11.2. The summed E-state index contributed by atoms with van der Waals surface area (Å²) in [5, 5.41) is 9.18. The zero-order valence-corrected chi connectivity index (χ0v) is 17.8. The lowest BCUT2D eigenvalue weighted by Crippen LogP contribution is -2.51. The smallest absolute Gasteiger partial charge is 0.469 e. The van der Waals surface area contributed by atoms with Gasteiger partial charge in [-0.15, -0.1) is 0 Å². The van der Waals surface area contributed by atoms with Gasteiger partial charge in [-0.05, 0) is 6.42 Å². The van der Waals surface area contributed by atoms with Crippen molar-refractivity contribution >= 4 is 13.8 Å². The van der Waals surface area contributed by atoms with Crippen molar-refractivity contribution < 1.29 is 28.8 Å².